The number of aromatic nitrogens is 3. The number of hydrogen-bond acceptors (Lipinski definition) is 3. The fourth-order valence-electron chi connectivity index (χ4n) is 3.54. The van der Waals surface area contributed by atoms with Crippen LogP contribution >= 0.6 is 0 Å². The van der Waals surface area contributed by atoms with Crippen molar-refractivity contribution in [2.75, 3.05) is 7.05 Å². The standard InChI is InChI=1S/C20H20N4O/c1-23(18-8-4-6-15-5-2-3-7-17(15)18)20(25)16-9-10-19(22-13-16)24-12-11-21-14-24/h2-3,5,7,9-14,18H,4,6,8H2,1H3/t18-/m0/s1. The average molecular weight is 332 g/mol. The van der Waals surface area contributed by atoms with Crippen molar-refractivity contribution in [1.82, 2.24) is 19.4 Å². The molecule has 0 saturated carbocycles. The topological polar surface area (TPSA) is 51.0 Å². The summed E-state index contributed by atoms with van der Waals surface area (Å²) in [5.41, 5.74) is 3.23. The molecule has 0 aliphatic heterocycles. The van der Waals surface area contributed by atoms with E-state index < -0.39 is 0 Å². The van der Waals surface area contributed by atoms with Crippen LogP contribution in [0.5, 0.6) is 0 Å². The number of aryl methyl sites for hydroxylation is 1. The second-order valence-electron chi connectivity index (χ2n) is 6.40. The zero-order valence-corrected chi connectivity index (χ0v) is 14.2. The SMILES string of the molecule is CN(C(=O)c1ccc(-n2ccnc2)nc1)[C@H]1CCCc2ccccc21. The average Bonchev–Trinajstić information content (AvgIpc) is 3.21. The molecule has 1 atom stereocenters. The van der Waals surface area contributed by atoms with E-state index in [-0.39, 0.29) is 11.9 Å². The summed E-state index contributed by atoms with van der Waals surface area (Å²) in [6.45, 7) is 0. The Labute approximate surface area is 147 Å². The van der Waals surface area contributed by atoms with E-state index in [4.69, 9.17) is 0 Å². The van der Waals surface area contributed by atoms with Crippen LogP contribution in [0.2, 0.25) is 0 Å². The summed E-state index contributed by atoms with van der Waals surface area (Å²) in [6.07, 6.45) is 10.1. The van der Waals surface area contributed by atoms with Gasteiger partial charge in [0.1, 0.15) is 12.1 Å². The fourth-order valence-corrected chi connectivity index (χ4v) is 3.54. The number of rotatable bonds is 3. The highest BCUT2D eigenvalue weighted by Crippen LogP contribution is 2.34. The van der Waals surface area contributed by atoms with Crippen molar-refractivity contribution in [3.8, 4) is 5.82 Å². The number of imidazole rings is 1. The van der Waals surface area contributed by atoms with E-state index in [0.29, 0.717) is 5.56 Å². The van der Waals surface area contributed by atoms with E-state index in [1.165, 1.54) is 11.1 Å². The number of carbonyl (C=O) groups excluding carboxylic acids is 1. The molecule has 0 saturated heterocycles. The first-order valence-corrected chi connectivity index (χ1v) is 8.53. The lowest BCUT2D eigenvalue weighted by atomic mass is 9.87. The monoisotopic (exact) mass is 332 g/mol. The van der Waals surface area contributed by atoms with Crippen molar-refractivity contribution in [3.05, 3.63) is 78.0 Å². The number of nitrogens with zero attached hydrogens (tertiary/aromatic N) is 4. The van der Waals surface area contributed by atoms with Gasteiger partial charge in [0.05, 0.1) is 11.6 Å². The number of fused-ring (bicyclic) bond motifs is 1. The van der Waals surface area contributed by atoms with E-state index in [0.717, 1.165) is 25.1 Å². The lowest BCUT2D eigenvalue weighted by molar-refractivity contribution is 0.0714. The molecule has 25 heavy (non-hydrogen) atoms. The molecule has 1 aromatic carbocycles. The van der Waals surface area contributed by atoms with Crippen LogP contribution in [0, 0.1) is 0 Å². The Morgan fingerprint density at radius 3 is 2.88 bits per heavy atom. The summed E-state index contributed by atoms with van der Waals surface area (Å²) < 4.78 is 1.81. The van der Waals surface area contributed by atoms with Gasteiger partial charge in [-0.15, -0.1) is 0 Å². The molecule has 2 aromatic heterocycles. The Bertz CT molecular complexity index is 871. The summed E-state index contributed by atoms with van der Waals surface area (Å²) >= 11 is 0. The molecule has 0 N–H and O–H groups in total. The van der Waals surface area contributed by atoms with Crippen molar-refractivity contribution in [2.24, 2.45) is 0 Å². The first kappa shape index (κ1) is 15.6. The number of carbonyl (C=O) groups is 1. The third-order valence-electron chi connectivity index (χ3n) is 4.89. The zero-order chi connectivity index (χ0) is 17.2. The van der Waals surface area contributed by atoms with Crippen molar-refractivity contribution in [3.63, 3.8) is 0 Å². The molecule has 0 radical (unpaired) electrons. The van der Waals surface area contributed by atoms with Gasteiger partial charge in [0.25, 0.3) is 5.91 Å². The molecular weight excluding hydrogens is 312 g/mol. The predicted molar refractivity (Wildman–Crippen MR) is 95.6 cm³/mol. The zero-order valence-electron chi connectivity index (χ0n) is 14.2. The molecule has 126 valence electrons. The lowest BCUT2D eigenvalue weighted by Crippen LogP contribution is -2.33. The van der Waals surface area contributed by atoms with Gasteiger partial charge >= 0.3 is 0 Å². The van der Waals surface area contributed by atoms with Gasteiger partial charge in [-0.2, -0.15) is 0 Å². The van der Waals surface area contributed by atoms with Crippen LogP contribution in [0.3, 0.4) is 0 Å². The molecule has 0 fully saturated rings. The Hall–Kier alpha value is -2.95. The van der Waals surface area contributed by atoms with Gasteiger partial charge in [-0.25, -0.2) is 9.97 Å². The maximum atomic E-state index is 12.9. The first-order chi connectivity index (χ1) is 12.2. The lowest BCUT2D eigenvalue weighted by Gasteiger charge is -2.33. The molecule has 0 unspecified atom stereocenters. The number of amides is 1. The normalized spacial score (nSPS) is 16.3. The maximum absolute atomic E-state index is 12.9. The van der Waals surface area contributed by atoms with Gasteiger partial charge in [0, 0.05) is 25.6 Å². The van der Waals surface area contributed by atoms with E-state index >= 15 is 0 Å². The molecular formula is C20H20N4O. The first-order valence-electron chi connectivity index (χ1n) is 8.53. The third kappa shape index (κ3) is 2.93. The molecule has 0 bridgehead atoms. The highest BCUT2D eigenvalue weighted by molar-refractivity contribution is 5.94. The van der Waals surface area contributed by atoms with Crippen LogP contribution in [0.25, 0.3) is 5.82 Å². The van der Waals surface area contributed by atoms with Crippen molar-refractivity contribution in [1.29, 1.82) is 0 Å². The van der Waals surface area contributed by atoms with E-state index in [1.807, 2.05) is 34.8 Å². The van der Waals surface area contributed by atoms with Gasteiger partial charge in [0.2, 0.25) is 0 Å². The molecule has 5 nitrogen and oxygen atoms in total. The van der Waals surface area contributed by atoms with Gasteiger partial charge < -0.3 is 4.90 Å². The Kier molecular flexibility index (Phi) is 4.06. The van der Waals surface area contributed by atoms with Crippen LogP contribution in [0.15, 0.2) is 61.3 Å². The number of benzene rings is 1. The van der Waals surface area contributed by atoms with Crippen LogP contribution in [-0.4, -0.2) is 32.4 Å². The van der Waals surface area contributed by atoms with Crippen LogP contribution < -0.4 is 0 Å². The van der Waals surface area contributed by atoms with E-state index in [9.17, 15) is 4.79 Å². The molecule has 5 heteroatoms. The molecule has 0 spiro atoms. The van der Waals surface area contributed by atoms with Crippen LogP contribution in [0.1, 0.15) is 40.4 Å². The summed E-state index contributed by atoms with van der Waals surface area (Å²) in [4.78, 5) is 23.2. The van der Waals surface area contributed by atoms with Crippen molar-refractivity contribution >= 4 is 5.91 Å². The van der Waals surface area contributed by atoms with Crippen LogP contribution in [-0.2, 0) is 6.42 Å². The van der Waals surface area contributed by atoms with E-state index in [2.05, 4.69) is 34.2 Å². The maximum Gasteiger partial charge on any atom is 0.255 e. The highest BCUT2D eigenvalue weighted by Gasteiger charge is 2.27. The third-order valence-corrected chi connectivity index (χ3v) is 4.89. The van der Waals surface area contributed by atoms with Crippen LogP contribution in [0.4, 0.5) is 0 Å². The van der Waals surface area contributed by atoms with E-state index in [1.54, 1.807) is 18.7 Å². The predicted octanol–water partition coefficient (Wildman–Crippen LogP) is 3.42. The molecule has 2 heterocycles. The minimum atomic E-state index is 0.00591. The minimum absolute atomic E-state index is 0.00591. The second kappa shape index (κ2) is 6.51. The summed E-state index contributed by atoms with van der Waals surface area (Å²) in [6, 6.07) is 12.2. The molecule has 4 rings (SSSR count). The quantitative estimate of drug-likeness (QED) is 0.738. The van der Waals surface area contributed by atoms with Gasteiger partial charge in [-0.3, -0.25) is 9.36 Å². The highest BCUT2D eigenvalue weighted by atomic mass is 16.2. The second-order valence-corrected chi connectivity index (χ2v) is 6.40. The smallest absolute Gasteiger partial charge is 0.255 e. The van der Waals surface area contributed by atoms with Crippen molar-refractivity contribution < 1.29 is 4.79 Å². The van der Waals surface area contributed by atoms with Crippen molar-refractivity contribution in [2.45, 2.75) is 25.3 Å². The number of pyridine rings is 1. The molecule has 1 aliphatic rings. The van der Waals surface area contributed by atoms with Gasteiger partial charge in [-0.05, 0) is 42.5 Å². The summed E-state index contributed by atoms with van der Waals surface area (Å²) in [5.74, 6) is 0.756. The minimum Gasteiger partial charge on any atom is -0.335 e. The number of hydrogen-bond donors (Lipinski definition) is 0. The largest absolute Gasteiger partial charge is 0.335 e. The summed E-state index contributed by atoms with van der Waals surface area (Å²) in [7, 11) is 1.89. The molecule has 1 aliphatic carbocycles. The molecule has 3 aromatic rings. The Balaban J connectivity index is 1.57. The Morgan fingerprint density at radius 2 is 2.12 bits per heavy atom. The Morgan fingerprint density at radius 1 is 1.24 bits per heavy atom. The fraction of sp³-hybridized carbons (Fsp3) is 0.250. The van der Waals surface area contributed by atoms with Gasteiger partial charge in [-0.1, -0.05) is 24.3 Å². The summed E-state index contributed by atoms with van der Waals surface area (Å²) in [5, 5.41) is 0. The van der Waals surface area contributed by atoms with Gasteiger partial charge in [0.15, 0.2) is 0 Å². The molecule has 1 amide bonds.